The van der Waals surface area contributed by atoms with E-state index in [-0.39, 0.29) is 17.7 Å². The first-order valence-electron chi connectivity index (χ1n) is 8.36. The van der Waals surface area contributed by atoms with Gasteiger partial charge in [0.05, 0.1) is 18.9 Å². The van der Waals surface area contributed by atoms with Gasteiger partial charge in [-0.05, 0) is 41.8 Å². The summed E-state index contributed by atoms with van der Waals surface area (Å²) in [6.07, 6.45) is 4.11. The number of pyridine rings is 2. The van der Waals surface area contributed by atoms with Crippen LogP contribution in [0.2, 0.25) is 0 Å². The van der Waals surface area contributed by atoms with Crippen molar-refractivity contribution in [3.05, 3.63) is 54.5 Å². The molecule has 26 heavy (non-hydrogen) atoms. The van der Waals surface area contributed by atoms with Crippen molar-refractivity contribution in [1.29, 1.82) is 0 Å². The third-order valence-electron chi connectivity index (χ3n) is 4.21. The lowest BCUT2D eigenvalue weighted by molar-refractivity contribution is 0.102. The standard InChI is InChI=1S/C19H18N4O3/c20-16-2-1-7-21-17(16)18(24)23-13-3-4-15-12(10-13)5-8-22-19(15)26-14-6-9-25-11-14/h1-5,7-8,10,14H,6,9,11,20H2,(H,23,24)/t14-/m0/s1. The molecule has 1 amide bonds. The van der Waals surface area contributed by atoms with Crippen molar-refractivity contribution in [2.24, 2.45) is 0 Å². The number of nitrogen functional groups attached to an aromatic ring is 1. The van der Waals surface area contributed by atoms with Crippen LogP contribution in [0.1, 0.15) is 16.9 Å². The van der Waals surface area contributed by atoms with Gasteiger partial charge in [-0.2, -0.15) is 0 Å². The number of nitrogens with zero attached hydrogens (tertiary/aromatic N) is 2. The molecular weight excluding hydrogens is 332 g/mol. The summed E-state index contributed by atoms with van der Waals surface area (Å²) in [5.74, 6) is 0.223. The van der Waals surface area contributed by atoms with Crippen molar-refractivity contribution in [3.8, 4) is 5.88 Å². The molecule has 3 heterocycles. The van der Waals surface area contributed by atoms with Crippen molar-refractivity contribution < 1.29 is 14.3 Å². The van der Waals surface area contributed by atoms with Gasteiger partial charge in [-0.3, -0.25) is 4.79 Å². The molecule has 3 N–H and O–H groups in total. The number of hydrogen-bond donors (Lipinski definition) is 2. The molecule has 3 aromatic rings. The molecule has 1 aromatic carbocycles. The maximum atomic E-state index is 12.4. The summed E-state index contributed by atoms with van der Waals surface area (Å²) in [5.41, 5.74) is 6.99. The number of amides is 1. The zero-order valence-corrected chi connectivity index (χ0v) is 14.0. The van der Waals surface area contributed by atoms with E-state index in [9.17, 15) is 4.79 Å². The first-order chi connectivity index (χ1) is 12.7. The summed E-state index contributed by atoms with van der Waals surface area (Å²) in [5, 5.41) is 4.62. The number of ether oxygens (including phenoxy) is 2. The van der Waals surface area contributed by atoms with Gasteiger partial charge in [-0.1, -0.05) is 0 Å². The lowest BCUT2D eigenvalue weighted by atomic mass is 10.1. The van der Waals surface area contributed by atoms with Crippen LogP contribution in [0.5, 0.6) is 5.88 Å². The molecule has 0 aliphatic carbocycles. The molecule has 7 nitrogen and oxygen atoms in total. The smallest absolute Gasteiger partial charge is 0.276 e. The average Bonchev–Trinajstić information content (AvgIpc) is 3.15. The van der Waals surface area contributed by atoms with E-state index in [0.717, 1.165) is 17.2 Å². The van der Waals surface area contributed by atoms with E-state index in [1.54, 1.807) is 24.4 Å². The number of carbonyl (C=O) groups is 1. The van der Waals surface area contributed by atoms with Gasteiger partial charge in [0.1, 0.15) is 6.10 Å². The first kappa shape index (κ1) is 16.3. The predicted octanol–water partition coefficient (Wildman–Crippen LogP) is 2.63. The number of benzene rings is 1. The zero-order valence-electron chi connectivity index (χ0n) is 14.0. The molecule has 4 rings (SSSR count). The number of hydrogen-bond acceptors (Lipinski definition) is 6. The Labute approximate surface area is 150 Å². The molecule has 2 aromatic heterocycles. The highest BCUT2D eigenvalue weighted by Crippen LogP contribution is 2.28. The lowest BCUT2D eigenvalue weighted by Gasteiger charge is -2.13. The predicted molar refractivity (Wildman–Crippen MR) is 98.2 cm³/mol. The van der Waals surface area contributed by atoms with Crippen LogP contribution in [0.25, 0.3) is 10.8 Å². The van der Waals surface area contributed by atoms with Gasteiger partial charge in [0.15, 0.2) is 5.69 Å². The minimum absolute atomic E-state index is 0.0274. The Morgan fingerprint density at radius 3 is 2.96 bits per heavy atom. The van der Waals surface area contributed by atoms with E-state index < -0.39 is 0 Å². The Morgan fingerprint density at radius 1 is 1.23 bits per heavy atom. The molecule has 0 saturated carbocycles. The normalized spacial score (nSPS) is 16.5. The van der Waals surface area contributed by atoms with Crippen LogP contribution in [-0.2, 0) is 4.74 Å². The maximum Gasteiger partial charge on any atom is 0.276 e. The minimum atomic E-state index is -0.351. The quantitative estimate of drug-likeness (QED) is 0.750. The number of aromatic nitrogens is 2. The number of carbonyl (C=O) groups excluding carboxylic acids is 1. The summed E-state index contributed by atoms with van der Waals surface area (Å²) in [6, 6.07) is 10.8. The topological polar surface area (TPSA) is 99.4 Å². The zero-order chi connectivity index (χ0) is 17.9. The number of nitrogens with two attached hydrogens (primary N) is 1. The summed E-state index contributed by atoms with van der Waals surface area (Å²) in [7, 11) is 0. The molecule has 0 bridgehead atoms. The maximum absolute atomic E-state index is 12.4. The Balaban J connectivity index is 1.58. The van der Waals surface area contributed by atoms with Crippen LogP contribution >= 0.6 is 0 Å². The molecule has 0 spiro atoms. The molecular formula is C19H18N4O3. The molecule has 0 radical (unpaired) electrons. The first-order valence-corrected chi connectivity index (χ1v) is 8.36. The van der Waals surface area contributed by atoms with Crippen LogP contribution < -0.4 is 15.8 Å². The second kappa shape index (κ2) is 6.97. The number of anilines is 2. The van der Waals surface area contributed by atoms with E-state index in [2.05, 4.69) is 15.3 Å². The summed E-state index contributed by atoms with van der Waals surface area (Å²) in [4.78, 5) is 20.7. The molecule has 0 unspecified atom stereocenters. The van der Waals surface area contributed by atoms with Crippen molar-refractivity contribution >= 4 is 28.1 Å². The highest BCUT2D eigenvalue weighted by Gasteiger charge is 2.19. The lowest BCUT2D eigenvalue weighted by Crippen LogP contribution is -2.17. The van der Waals surface area contributed by atoms with Crippen LogP contribution in [0.15, 0.2) is 48.8 Å². The SMILES string of the molecule is Nc1cccnc1C(=O)Nc1ccc2c(O[C@H]3CCOC3)nccc2c1. The van der Waals surface area contributed by atoms with E-state index in [0.29, 0.717) is 30.5 Å². The van der Waals surface area contributed by atoms with Crippen LogP contribution in [0.4, 0.5) is 11.4 Å². The van der Waals surface area contributed by atoms with Crippen molar-refractivity contribution in [1.82, 2.24) is 9.97 Å². The Bertz CT molecular complexity index is 954. The van der Waals surface area contributed by atoms with Gasteiger partial charge in [-0.25, -0.2) is 9.97 Å². The number of fused-ring (bicyclic) bond motifs is 1. The summed E-state index contributed by atoms with van der Waals surface area (Å²) < 4.78 is 11.3. The van der Waals surface area contributed by atoms with E-state index in [4.69, 9.17) is 15.2 Å². The Morgan fingerprint density at radius 2 is 2.15 bits per heavy atom. The summed E-state index contributed by atoms with van der Waals surface area (Å²) >= 11 is 0. The van der Waals surface area contributed by atoms with Gasteiger partial charge < -0.3 is 20.5 Å². The number of rotatable bonds is 4. The highest BCUT2D eigenvalue weighted by molar-refractivity contribution is 6.07. The van der Waals surface area contributed by atoms with Crippen molar-refractivity contribution in [2.75, 3.05) is 24.3 Å². The van der Waals surface area contributed by atoms with E-state index in [1.807, 2.05) is 18.2 Å². The highest BCUT2D eigenvalue weighted by atomic mass is 16.5. The molecule has 1 aliphatic heterocycles. The molecule has 7 heteroatoms. The summed E-state index contributed by atoms with van der Waals surface area (Å²) in [6.45, 7) is 1.29. The van der Waals surface area contributed by atoms with Gasteiger partial charge in [0.25, 0.3) is 5.91 Å². The van der Waals surface area contributed by atoms with Crippen LogP contribution in [0, 0.1) is 0 Å². The molecule has 1 aliphatic rings. The second-order valence-corrected chi connectivity index (χ2v) is 6.05. The Kier molecular flexibility index (Phi) is 4.37. The van der Waals surface area contributed by atoms with Gasteiger partial charge in [-0.15, -0.1) is 0 Å². The second-order valence-electron chi connectivity index (χ2n) is 6.05. The molecule has 1 saturated heterocycles. The molecule has 1 atom stereocenters. The van der Waals surface area contributed by atoms with Crippen LogP contribution in [0.3, 0.4) is 0 Å². The fraction of sp³-hybridized carbons (Fsp3) is 0.211. The average molecular weight is 350 g/mol. The third kappa shape index (κ3) is 3.29. The Hall–Kier alpha value is -3.19. The fourth-order valence-corrected chi connectivity index (χ4v) is 2.88. The van der Waals surface area contributed by atoms with Gasteiger partial charge >= 0.3 is 0 Å². The monoisotopic (exact) mass is 350 g/mol. The molecule has 1 fully saturated rings. The minimum Gasteiger partial charge on any atom is -0.471 e. The third-order valence-corrected chi connectivity index (χ3v) is 4.21. The van der Waals surface area contributed by atoms with Gasteiger partial charge in [0.2, 0.25) is 5.88 Å². The molecule has 132 valence electrons. The van der Waals surface area contributed by atoms with Gasteiger partial charge in [0, 0.05) is 29.9 Å². The van der Waals surface area contributed by atoms with Crippen LogP contribution in [-0.4, -0.2) is 35.2 Å². The van der Waals surface area contributed by atoms with Crippen molar-refractivity contribution in [2.45, 2.75) is 12.5 Å². The fourth-order valence-electron chi connectivity index (χ4n) is 2.88. The van der Waals surface area contributed by atoms with E-state index >= 15 is 0 Å². The van der Waals surface area contributed by atoms with E-state index in [1.165, 1.54) is 6.20 Å². The van der Waals surface area contributed by atoms with Crippen molar-refractivity contribution in [3.63, 3.8) is 0 Å². The number of nitrogens with one attached hydrogen (secondary N) is 1. The largest absolute Gasteiger partial charge is 0.471 e.